The van der Waals surface area contributed by atoms with Gasteiger partial charge in [-0.15, -0.1) is 0 Å². The molecule has 0 N–H and O–H groups in total. The third-order valence-electron chi connectivity index (χ3n) is 5.03. The molecule has 0 aliphatic heterocycles. The number of ether oxygens (including phenoxy) is 3. The molecule has 1 heterocycles. The Morgan fingerprint density at radius 2 is 1.67 bits per heavy atom. The number of hydrogen-bond acceptors (Lipinski definition) is 5. The molecule has 4 aromatic rings. The van der Waals surface area contributed by atoms with Crippen LogP contribution in [0.2, 0.25) is 0 Å². The van der Waals surface area contributed by atoms with Crippen molar-refractivity contribution in [2.75, 3.05) is 14.2 Å². The summed E-state index contributed by atoms with van der Waals surface area (Å²) in [6, 6.07) is 17.1. The third kappa shape index (κ3) is 3.96. The summed E-state index contributed by atoms with van der Waals surface area (Å²) in [5.74, 6) is 1.88. The Labute approximate surface area is 187 Å². The van der Waals surface area contributed by atoms with Gasteiger partial charge in [-0.25, -0.2) is 4.79 Å². The maximum absolute atomic E-state index is 12.6. The first kappa shape index (κ1) is 20.5. The summed E-state index contributed by atoms with van der Waals surface area (Å²) in [6.07, 6.45) is 0. The molecule has 30 heavy (non-hydrogen) atoms. The van der Waals surface area contributed by atoms with Gasteiger partial charge in [-0.3, -0.25) is 0 Å². The Morgan fingerprint density at radius 3 is 2.33 bits per heavy atom. The summed E-state index contributed by atoms with van der Waals surface area (Å²) in [5.41, 5.74) is 2.18. The molecule has 0 bridgehead atoms. The number of rotatable bonds is 6. The predicted molar refractivity (Wildman–Crippen MR) is 126 cm³/mol. The van der Waals surface area contributed by atoms with Crippen molar-refractivity contribution in [3.8, 4) is 17.2 Å². The van der Waals surface area contributed by atoms with Crippen LogP contribution in [0.15, 0.2) is 63.8 Å². The normalized spacial score (nSPS) is 12.1. The minimum absolute atomic E-state index is 0.297. The van der Waals surface area contributed by atoms with E-state index in [-0.39, 0.29) is 5.63 Å². The summed E-state index contributed by atoms with van der Waals surface area (Å²) in [4.78, 5) is 12.6. The van der Waals surface area contributed by atoms with Gasteiger partial charge in [-0.2, -0.15) is 0 Å². The molecule has 3 aromatic carbocycles. The molecule has 1 atom stereocenters. The molecule has 0 amide bonds. The van der Waals surface area contributed by atoms with Crippen molar-refractivity contribution < 1.29 is 18.6 Å². The van der Waals surface area contributed by atoms with Crippen LogP contribution in [0.3, 0.4) is 0 Å². The average molecular weight is 516 g/mol. The third-order valence-corrected chi connectivity index (χ3v) is 5.75. The quantitative estimate of drug-likeness (QED) is 0.135. The Kier molecular flexibility index (Phi) is 5.85. The van der Waals surface area contributed by atoms with Crippen LogP contribution in [0.5, 0.6) is 17.2 Å². The molecule has 0 spiro atoms. The lowest BCUT2D eigenvalue weighted by molar-refractivity contribution is 0.284. The zero-order valence-electron chi connectivity index (χ0n) is 16.9. The number of hydrogen-bond donors (Lipinski definition) is 0. The van der Waals surface area contributed by atoms with Gasteiger partial charge in [0.1, 0.15) is 17.9 Å². The largest absolute Gasteiger partial charge is 0.497 e. The van der Waals surface area contributed by atoms with Crippen LogP contribution in [0, 0.1) is 0 Å². The van der Waals surface area contributed by atoms with E-state index in [1.807, 2.05) is 48.5 Å². The molecule has 154 valence electrons. The van der Waals surface area contributed by atoms with Crippen molar-refractivity contribution in [2.45, 2.75) is 17.5 Å². The lowest BCUT2D eigenvalue weighted by Crippen LogP contribution is -2.02. The van der Waals surface area contributed by atoms with E-state index in [4.69, 9.17) is 18.6 Å². The molecule has 4 rings (SSSR count). The highest BCUT2D eigenvalue weighted by Gasteiger charge is 2.15. The molecule has 0 aliphatic carbocycles. The number of halogens is 1. The Bertz CT molecular complexity index is 1260. The maximum Gasteiger partial charge on any atom is 0.344 e. The van der Waals surface area contributed by atoms with Crippen LogP contribution >= 0.6 is 22.6 Å². The fourth-order valence-corrected chi connectivity index (χ4v) is 3.75. The lowest BCUT2D eigenvalue weighted by Gasteiger charge is -2.13. The number of fused-ring (bicyclic) bond motifs is 3. The van der Waals surface area contributed by atoms with Gasteiger partial charge in [0.2, 0.25) is 0 Å². The number of methoxy groups -OCH3 is 2. The maximum atomic E-state index is 12.6. The molecule has 5 nitrogen and oxygen atoms in total. The first-order chi connectivity index (χ1) is 14.5. The van der Waals surface area contributed by atoms with Crippen LogP contribution < -0.4 is 19.8 Å². The Hall–Kier alpha value is -2.74. The molecule has 6 heteroatoms. The van der Waals surface area contributed by atoms with E-state index in [9.17, 15) is 4.79 Å². The first-order valence-electron chi connectivity index (χ1n) is 9.48. The van der Waals surface area contributed by atoms with Gasteiger partial charge in [0.25, 0.3) is 0 Å². The second-order valence-corrected chi connectivity index (χ2v) is 8.81. The number of benzene rings is 3. The summed E-state index contributed by atoms with van der Waals surface area (Å²) in [7, 11) is 3.23. The van der Waals surface area contributed by atoms with Crippen molar-refractivity contribution in [1.29, 1.82) is 0 Å². The highest BCUT2D eigenvalue weighted by Crippen LogP contribution is 2.36. The molecule has 1 unspecified atom stereocenters. The smallest absolute Gasteiger partial charge is 0.344 e. The van der Waals surface area contributed by atoms with E-state index in [2.05, 4.69) is 29.5 Å². The van der Waals surface area contributed by atoms with Gasteiger partial charge in [-0.1, -0.05) is 46.9 Å². The molecule has 0 saturated heterocycles. The Morgan fingerprint density at radius 1 is 0.900 bits per heavy atom. The van der Waals surface area contributed by atoms with Gasteiger partial charge >= 0.3 is 5.63 Å². The van der Waals surface area contributed by atoms with Crippen LogP contribution in [0.1, 0.15) is 22.0 Å². The van der Waals surface area contributed by atoms with Gasteiger partial charge in [0.15, 0.2) is 11.5 Å². The Balaban J connectivity index is 1.75. The highest BCUT2D eigenvalue weighted by atomic mass is 127. The van der Waals surface area contributed by atoms with Gasteiger partial charge in [0.05, 0.1) is 19.6 Å². The van der Waals surface area contributed by atoms with Crippen molar-refractivity contribution in [3.63, 3.8) is 0 Å². The van der Waals surface area contributed by atoms with Crippen LogP contribution in [0.25, 0.3) is 21.7 Å². The predicted octanol–water partition coefficient (Wildman–Crippen LogP) is 6.04. The summed E-state index contributed by atoms with van der Waals surface area (Å²) in [5, 5.41) is 2.21. The van der Waals surface area contributed by atoms with E-state index in [0.717, 1.165) is 27.6 Å². The summed E-state index contributed by atoms with van der Waals surface area (Å²) >= 11 is 2.33. The number of alkyl halides is 1. The SMILES string of the molecule is COc1ccc(COc2cc3oc(=O)c4cc(C(C)I)ccc4c3cc2OC)cc1. The zero-order valence-corrected chi connectivity index (χ0v) is 19.1. The molecule has 1 aromatic heterocycles. The molecular formula is C24H21IO5. The molecule has 0 saturated carbocycles. The second-order valence-electron chi connectivity index (χ2n) is 6.95. The van der Waals surface area contributed by atoms with E-state index in [0.29, 0.717) is 33.0 Å². The fourth-order valence-electron chi connectivity index (χ4n) is 3.36. The van der Waals surface area contributed by atoms with E-state index in [1.165, 1.54) is 0 Å². The highest BCUT2D eigenvalue weighted by molar-refractivity contribution is 14.1. The standard InChI is InChI=1S/C24H21IO5/c1-14(25)16-6-9-18-19-11-22(28-3)23(12-21(19)30-24(26)20(18)10-16)29-13-15-4-7-17(27-2)8-5-15/h4-12,14H,13H2,1-3H3. The van der Waals surface area contributed by atoms with Gasteiger partial charge in [0, 0.05) is 20.8 Å². The van der Waals surface area contributed by atoms with Crippen molar-refractivity contribution in [2.24, 2.45) is 0 Å². The van der Waals surface area contributed by atoms with Gasteiger partial charge in [-0.05, 0) is 42.3 Å². The van der Waals surface area contributed by atoms with E-state index in [1.54, 1.807) is 20.3 Å². The monoisotopic (exact) mass is 516 g/mol. The van der Waals surface area contributed by atoms with Crippen molar-refractivity contribution >= 4 is 44.3 Å². The minimum atomic E-state index is -0.359. The average Bonchev–Trinajstić information content (AvgIpc) is 2.77. The molecule has 0 aliphatic rings. The topological polar surface area (TPSA) is 57.9 Å². The van der Waals surface area contributed by atoms with Crippen LogP contribution in [-0.4, -0.2) is 14.2 Å². The van der Waals surface area contributed by atoms with E-state index < -0.39 is 0 Å². The van der Waals surface area contributed by atoms with Crippen molar-refractivity contribution in [3.05, 3.63) is 76.1 Å². The molecular weight excluding hydrogens is 495 g/mol. The lowest BCUT2D eigenvalue weighted by atomic mass is 10.0. The fraction of sp³-hybridized carbons (Fsp3) is 0.208. The summed E-state index contributed by atoms with van der Waals surface area (Å²) in [6.45, 7) is 2.43. The minimum Gasteiger partial charge on any atom is -0.497 e. The van der Waals surface area contributed by atoms with E-state index >= 15 is 0 Å². The molecule has 0 radical (unpaired) electrons. The zero-order chi connectivity index (χ0) is 21.3. The molecule has 0 fully saturated rings. The van der Waals surface area contributed by atoms with Gasteiger partial charge < -0.3 is 18.6 Å². The first-order valence-corrected chi connectivity index (χ1v) is 10.7. The summed E-state index contributed by atoms with van der Waals surface area (Å²) < 4.78 is 22.6. The second kappa shape index (κ2) is 8.55. The van der Waals surface area contributed by atoms with Crippen LogP contribution in [-0.2, 0) is 6.61 Å². The van der Waals surface area contributed by atoms with Crippen LogP contribution in [0.4, 0.5) is 0 Å². The van der Waals surface area contributed by atoms with Crippen molar-refractivity contribution in [1.82, 2.24) is 0 Å².